The standard InChI is InChI=1S/C18H16FN3O3S/c19-17-12(4-2-8-22-26(24)25)3-1-5-14(17)18(23)13-6-7-15-16(11-13)21-10-9-20-15/h1,3,5-7,9-11,22H,2,4,8H2,(H,24,25). The fourth-order valence-electron chi connectivity index (χ4n) is 2.65. The predicted molar refractivity (Wildman–Crippen MR) is 96.5 cm³/mol. The third-order valence-electron chi connectivity index (χ3n) is 3.90. The molecule has 0 aliphatic rings. The molecule has 0 aliphatic carbocycles. The average Bonchev–Trinajstić information content (AvgIpc) is 2.65. The number of ketones is 1. The monoisotopic (exact) mass is 373 g/mol. The molecule has 0 bridgehead atoms. The van der Waals surface area contributed by atoms with E-state index in [2.05, 4.69) is 14.7 Å². The summed E-state index contributed by atoms with van der Waals surface area (Å²) in [6, 6.07) is 9.56. The molecule has 3 aromatic rings. The highest BCUT2D eigenvalue weighted by Crippen LogP contribution is 2.20. The smallest absolute Gasteiger partial charge is 0.231 e. The van der Waals surface area contributed by atoms with Crippen LogP contribution in [-0.4, -0.2) is 31.1 Å². The minimum Gasteiger partial charge on any atom is -0.294 e. The van der Waals surface area contributed by atoms with Gasteiger partial charge in [-0.15, -0.1) is 0 Å². The van der Waals surface area contributed by atoms with E-state index in [-0.39, 0.29) is 12.1 Å². The van der Waals surface area contributed by atoms with Gasteiger partial charge in [-0.05, 0) is 42.7 Å². The molecule has 6 nitrogen and oxygen atoms in total. The molecule has 0 saturated heterocycles. The summed E-state index contributed by atoms with van der Waals surface area (Å²) in [6.07, 6.45) is 3.91. The third kappa shape index (κ3) is 4.16. The second kappa shape index (κ2) is 8.22. The highest BCUT2D eigenvalue weighted by molar-refractivity contribution is 7.77. The lowest BCUT2D eigenvalue weighted by atomic mass is 9.98. The van der Waals surface area contributed by atoms with Crippen LogP contribution < -0.4 is 4.72 Å². The van der Waals surface area contributed by atoms with Crippen LogP contribution in [0.2, 0.25) is 0 Å². The van der Waals surface area contributed by atoms with Crippen molar-refractivity contribution in [3.05, 3.63) is 71.3 Å². The predicted octanol–water partition coefficient (Wildman–Crippen LogP) is 2.66. The molecule has 1 unspecified atom stereocenters. The SMILES string of the molecule is O=C(c1ccc2nccnc2c1)c1cccc(CCCNS(=O)O)c1F. The zero-order valence-electron chi connectivity index (χ0n) is 13.7. The first kappa shape index (κ1) is 18.2. The van der Waals surface area contributed by atoms with Crippen molar-refractivity contribution >= 4 is 28.1 Å². The lowest BCUT2D eigenvalue weighted by Crippen LogP contribution is -2.18. The summed E-state index contributed by atoms with van der Waals surface area (Å²) in [7, 11) is 0. The topological polar surface area (TPSA) is 92.2 Å². The zero-order valence-corrected chi connectivity index (χ0v) is 14.5. The third-order valence-corrected chi connectivity index (χ3v) is 4.35. The molecule has 0 radical (unpaired) electrons. The molecule has 3 rings (SSSR count). The maximum absolute atomic E-state index is 14.7. The minimum absolute atomic E-state index is 0.00978. The lowest BCUT2D eigenvalue weighted by molar-refractivity contribution is 0.103. The summed E-state index contributed by atoms with van der Waals surface area (Å²) >= 11 is -2.09. The Morgan fingerprint density at radius 3 is 2.69 bits per heavy atom. The van der Waals surface area contributed by atoms with Crippen LogP contribution in [0.15, 0.2) is 48.8 Å². The summed E-state index contributed by atoms with van der Waals surface area (Å²) in [4.78, 5) is 21.0. The number of nitrogens with zero attached hydrogens (tertiary/aromatic N) is 2. The number of nitrogens with one attached hydrogen (secondary N) is 1. The molecule has 0 fully saturated rings. The van der Waals surface area contributed by atoms with Gasteiger partial charge in [-0.1, -0.05) is 12.1 Å². The van der Waals surface area contributed by atoms with Gasteiger partial charge in [0, 0.05) is 24.5 Å². The van der Waals surface area contributed by atoms with Crippen LogP contribution in [0.5, 0.6) is 0 Å². The van der Waals surface area contributed by atoms with Gasteiger partial charge in [-0.25, -0.2) is 13.3 Å². The van der Waals surface area contributed by atoms with Crippen LogP contribution in [-0.2, 0) is 17.7 Å². The normalized spacial score (nSPS) is 12.2. The van der Waals surface area contributed by atoms with E-state index >= 15 is 0 Å². The number of aryl methyl sites for hydroxylation is 1. The van der Waals surface area contributed by atoms with Crippen molar-refractivity contribution < 1.29 is 17.9 Å². The summed E-state index contributed by atoms with van der Waals surface area (Å²) in [6.45, 7) is 0.268. The van der Waals surface area contributed by atoms with Gasteiger partial charge in [0.2, 0.25) is 11.3 Å². The van der Waals surface area contributed by atoms with Crippen molar-refractivity contribution in [1.29, 1.82) is 0 Å². The van der Waals surface area contributed by atoms with E-state index in [9.17, 15) is 13.4 Å². The summed E-state index contributed by atoms with van der Waals surface area (Å²) in [5.74, 6) is -0.992. The maximum Gasteiger partial charge on any atom is 0.231 e. The number of hydrogen-bond acceptors (Lipinski definition) is 4. The van der Waals surface area contributed by atoms with E-state index in [0.717, 1.165) is 0 Å². The van der Waals surface area contributed by atoms with Gasteiger partial charge >= 0.3 is 0 Å². The van der Waals surface area contributed by atoms with Crippen molar-refractivity contribution in [3.63, 3.8) is 0 Å². The van der Waals surface area contributed by atoms with Crippen molar-refractivity contribution in [3.8, 4) is 0 Å². The number of hydrogen-bond donors (Lipinski definition) is 2. The van der Waals surface area contributed by atoms with Crippen LogP contribution in [0.25, 0.3) is 11.0 Å². The van der Waals surface area contributed by atoms with E-state index in [1.54, 1.807) is 36.5 Å². The van der Waals surface area contributed by atoms with Crippen LogP contribution in [0.3, 0.4) is 0 Å². The van der Waals surface area contributed by atoms with E-state index in [0.29, 0.717) is 35.0 Å². The first-order chi connectivity index (χ1) is 12.6. The molecule has 134 valence electrons. The highest BCUT2D eigenvalue weighted by Gasteiger charge is 2.17. The molecule has 1 aromatic heterocycles. The van der Waals surface area contributed by atoms with Crippen molar-refractivity contribution in [1.82, 2.24) is 14.7 Å². The fourth-order valence-corrected chi connectivity index (χ4v) is 2.97. The first-order valence-corrected chi connectivity index (χ1v) is 9.04. The Balaban J connectivity index is 1.82. The van der Waals surface area contributed by atoms with Crippen LogP contribution in [0, 0.1) is 5.82 Å². The van der Waals surface area contributed by atoms with Crippen LogP contribution in [0.1, 0.15) is 27.9 Å². The number of halogens is 1. The van der Waals surface area contributed by atoms with Gasteiger partial charge in [0.1, 0.15) is 5.82 Å². The zero-order chi connectivity index (χ0) is 18.5. The van der Waals surface area contributed by atoms with Crippen LogP contribution >= 0.6 is 0 Å². The van der Waals surface area contributed by atoms with Gasteiger partial charge in [0.15, 0.2) is 5.78 Å². The van der Waals surface area contributed by atoms with E-state index in [1.165, 1.54) is 12.3 Å². The molecule has 26 heavy (non-hydrogen) atoms. The highest BCUT2D eigenvalue weighted by atomic mass is 32.2. The number of rotatable bonds is 7. The molecule has 8 heteroatoms. The van der Waals surface area contributed by atoms with Crippen molar-refractivity contribution in [2.75, 3.05) is 6.54 Å². The second-order valence-electron chi connectivity index (χ2n) is 5.61. The molecular formula is C18H16FN3O3S. The first-order valence-electron chi connectivity index (χ1n) is 7.93. The summed E-state index contributed by atoms with van der Waals surface area (Å²) < 4.78 is 36.3. The van der Waals surface area contributed by atoms with Gasteiger partial charge in [-0.2, -0.15) is 0 Å². The maximum atomic E-state index is 14.7. The largest absolute Gasteiger partial charge is 0.294 e. The lowest BCUT2D eigenvalue weighted by Gasteiger charge is -2.08. The molecule has 0 aliphatic heterocycles. The molecule has 2 N–H and O–H groups in total. The quantitative estimate of drug-likeness (QED) is 0.377. The molecule has 0 spiro atoms. The molecule has 2 aromatic carbocycles. The Labute approximate surface area is 151 Å². The summed E-state index contributed by atoms with van der Waals surface area (Å²) in [5, 5.41) is 0. The molecular weight excluding hydrogens is 357 g/mol. The Kier molecular flexibility index (Phi) is 5.77. The summed E-state index contributed by atoms with van der Waals surface area (Å²) in [5.41, 5.74) is 1.95. The fraction of sp³-hybridized carbons (Fsp3) is 0.167. The van der Waals surface area contributed by atoms with Gasteiger partial charge in [-0.3, -0.25) is 19.3 Å². The minimum atomic E-state index is -2.09. The van der Waals surface area contributed by atoms with Crippen molar-refractivity contribution in [2.45, 2.75) is 12.8 Å². The molecule has 0 saturated carbocycles. The van der Waals surface area contributed by atoms with E-state index in [4.69, 9.17) is 4.55 Å². The Hall–Kier alpha value is -2.55. The number of carbonyl (C=O) groups is 1. The molecule has 1 atom stereocenters. The number of carbonyl (C=O) groups excluding carboxylic acids is 1. The van der Waals surface area contributed by atoms with Gasteiger partial charge < -0.3 is 0 Å². The Morgan fingerprint density at radius 2 is 1.92 bits per heavy atom. The number of aromatic nitrogens is 2. The number of benzene rings is 2. The van der Waals surface area contributed by atoms with Gasteiger partial charge in [0.05, 0.1) is 16.6 Å². The van der Waals surface area contributed by atoms with Gasteiger partial charge in [0.25, 0.3) is 0 Å². The van der Waals surface area contributed by atoms with E-state index in [1.807, 2.05) is 0 Å². The average molecular weight is 373 g/mol. The second-order valence-corrected chi connectivity index (χ2v) is 6.40. The Bertz CT molecular complexity index is 981. The van der Waals surface area contributed by atoms with Crippen LogP contribution in [0.4, 0.5) is 4.39 Å². The molecule has 0 amide bonds. The Morgan fingerprint density at radius 1 is 1.15 bits per heavy atom. The molecule has 1 heterocycles. The van der Waals surface area contributed by atoms with Crippen molar-refractivity contribution in [2.24, 2.45) is 0 Å². The van der Waals surface area contributed by atoms with E-state index < -0.39 is 22.9 Å². The number of fused-ring (bicyclic) bond motifs is 1.